The van der Waals surface area contributed by atoms with Gasteiger partial charge in [-0.25, -0.2) is 0 Å². The Bertz CT molecular complexity index is 359. The third-order valence-electron chi connectivity index (χ3n) is 2.40. The van der Waals surface area contributed by atoms with Crippen molar-refractivity contribution in [2.45, 2.75) is 19.4 Å². The smallest absolute Gasteiger partial charge is 0.119 e. The summed E-state index contributed by atoms with van der Waals surface area (Å²) < 4.78 is 5.63. The Balaban J connectivity index is 2.24. The Morgan fingerprint density at radius 3 is 2.27 bits per heavy atom. The van der Waals surface area contributed by atoms with Gasteiger partial charge in [-0.3, -0.25) is 0 Å². The first-order chi connectivity index (χ1) is 6.96. The maximum Gasteiger partial charge on any atom is 0.119 e. The van der Waals surface area contributed by atoms with Crippen LogP contribution in [-0.2, 0) is 4.74 Å². The Kier molecular flexibility index (Phi) is 2.84. The van der Waals surface area contributed by atoms with E-state index in [4.69, 9.17) is 27.9 Å². The zero-order chi connectivity index (χ0) is 11.1. The molecule has 1 aromatic carbocycles. The van der Waals surface area contributed by atoms with Gasteiger partial charge in [-0.1, -0.05) is 23.2 Å². The average molecular weight is 246 g/mol. The summed E-state index contributed by atoms with van der Waals surface area (Å²) in [4.78, 5) is 2.12. The fourth-order valence-electron chi connectivity index (χ4n) is 1.69. The van der Waals surface area contributed by atoms with Crippen LogP contribution in [-0.4, -0.2) is 18.9 Å². The van der Waals surface area contributed by atoms with E-state index in [1.165, 1.54) is 0 Å². The number of hydrogen-bond donors (Lipinski definition) is 0. The summed E-state index contributed by atoms with van der Waals surface area (Å²) in [5, 5.41) is 1.31. The van der Waals surface area contributed by atoms with Crippen LogP contribution in [0.4, 0.5) is 5.69 Å². The van der Waals surface area contributed by atoms with Crippen LogP contribution in [0, 0.1) is 0 Å². The number of ether oxygens (including phenoxy) is 1. The van der Waals surface area contributed by atoms with Crippen LogP contribution in [0.25, 0.3) is 0 Å². The molecule has 4 heteroatoms. The van der Waals surface area contributed by atoms with Crippen molar-refractivity contribution in [3.05, 3.63) is 28.2 Å². The van der Waals surface area contributed by atoms with Crippen molar-refractivity contribution in [1.82, 2.24) is 0 Å². The summed E-state index contributed by atoms with van der Waals surface area (Å²) >= 11 is 11.9. The number of anilines is 1. The molecule has 0 N–H and O–H groups in total. The van der Waals surface area contributed by atoms with Gasteiger partial charge >= 0.3 is 0 Å². The van der Waals surface area contributed by atoms with Crippen LogP contribution >= 0.6 is 23.2 Å². The predicted molar refractivity (Wildman–Crippen MR) is 63.8 cm³/mol. The van der Waals surface area contributed by atoms with Crippen LogP contribution < -0.4 is 4.90 Å². The number of benzene rings is 1. The lowest BCUT2D eigenvalue weighted by molar-refractivity contribution is 0.0439. The fourth-order valence-corrected chi connectivity index (χ4v) is 2.21. The van der Waals surface area contributed by atoms with Gasteiger partial charge in [0.25, 0.3) is 0 Å². The molecular formula is C11H13Cl2NO. The topological polar surface area (TPSA) is 12.5 Å². The molecule has 1 aliphatic rings. The lowest BCUT2D eigenvalue weighted by atomic mass is 10.1. The van der Waals surface area contributed by atoms with Crippen LogP contribution in [0.5, 0.6) is 0 Å². The van der Waals surface area contributed by atoms with Gasteiger partial charge in [0, 0.05) is 22.3 Å². The largest absolute Gasteiger partial charge is 0.353 e. The molecule has 0 bridgehead atoms. The van der Waals surface area contributed by atoms with E-state index in [1.807, 2.05) is 12.1 Å². The Morgan fingerprint density at radius 1 is 1.20 bits per heavy atom. The van der Waals surface area contributed by atoms with Crippen LogP contribution in [0.3, 0.4) is 0 Å². The standard InChI is InChI=1S/C11H13Cl2NO/c1-11(2)6-14(7-15-11)10-4-8(12)3-9(13)5-10/h3-5H,6-7H2,1-2H3. The summed E-state index contributed by atoms with van der Waals surface area (Å²) in [6, 6.07) is 5.53. The third-order valence-corrected chi connectivity index (χ3v) is 2.83. The molecule has 0 radical (unpaired) electrons. The third kappa shape index (κ3) is 2.57. The first-order valence-electron chi connectivity index (χ1n) is 4.81. The molecule has 1 saturated heterocycles. The minimum Gasteiger partial charge on any atom is -0.353 e. The van der Waals surface area contributed by atoms with Crippen molar-refractivity contribution in [3.63, 3.8) is 0 Å². The van der Waals surface area contributed by atoms with E-state index in [-0.39, 0.29) is 5.60 Å². The summed E-state index contributed by atoms with van der Waals surface area (Å²) in [7, 11) is 0. The van der Waals surface area contributed by atoms with E-state index < -0.39 is 0 Å². The highest BCUT2D eigenvalue weighted by Gasteiger charge is 2.30. The van der Waals surface area contributed by atoms with E-state index >= 15 is 0 Å². The second-order valence-corrected chi connectivity index (χ2v) is 5.23. The number of rotatable bonds is 1. The second-order valence-electron chi connectivity index (χ2n) is 4.36. The SMILES string of the molecule is CC1(C)CN(c2cc(Cl)cc(Cl)c2)CO1. The first kappa shape index (κ1) is 11.1. The molecule has 1 heterocycles. The van der Waals surface area contributed by atoms with Crippen molar-refractivity contribution in [2.24, 2.45) is 0 Å². The summed E-state index contributed by atoms with van der Waals surface area (Å²) in [5.41, 5.74) is 0.910. The molecule has 0 atom stereocenters. The minimum atomic E-state index is -0.102. The summed E-state index contributed by atoms with van der Waals surface area (Å²) in [6.07, 6.45) is 0. The van der Waals surface area contributed by atoms with Crippen molar-refractivity contribution in [1.29, 1.82) is 0 Å². The maximum absolute atomic E-state index is 5.95. The Morgan fingerprint density at radius 2 is 1.80 bits per heavy atom. The van der Waals surface area contributed by atoms with Gasteiger partial charge in [-0.05, 0) is 32.0 Å². The molecule has 0 aromatic heterocycles. The highest BCUT2D eigenvalue weighted by molar-refractivity contribution is 6.35. The molecule has 0 amide bonds. The van der Waals surface area contributed by atoms with Crippen molar-refractivity contribution >= 4 is 28.9 Å². The highest BCUT2D eigenvalue weighted by Crippen LogP contribution is 2.30. The molecule has 0 spiro atoms. The molecule has 1 fully saturated rings. The summed E-state index contributed by atoms with van der Waals surface area (Å²) in [5.74, 6) is 0. The lowest BCUT2D eigenvalue weighted by Gasteiger charge is -2.19. The molecule has 2 nitrogen and oxygen atoms in total. The average Bonchev–Trinajstić information content (AvgIpc) is 2.44. The quantitative estimate of drug-likeness (QED) is 0.751. The van der Waals surface area contributed by atoms with Crippen molar-refractivity contribution in [3.8, 4) is 0 Å². The predicted octanol–water partition coefficient (Wildman–Crippen LogP) is 3.57. The van der Waals surface area contributed by atoms with Gasteiger partial charge in [0.05, 0.1) is 5.60 Å². The van der Waals surface area contributed by atoms with Crippen LogP contribution in [0.1, 0.15) is 13.8 Å². The Hall–Kier alpha value is -0.440. The fraction of sp³-hybridized carbons (Fsp3) is 0.455. The van der Waals surface area contributed by atoms with Crippen molar-refractivity contribution < 1.29 is 4.74 Å². The van der Waals surface area contributed by atoms with Gasteiger partial charge < -0.3 is 9.64 Å². The zero-order valence-electron chi connectivity index (χ0n) is 8.76. The molecule has 0 saturated carbocycles. The molecule has 82 valence electrons. The maximum atomic E-state index is 5.95. The van der Waals surface area contributed by atoms with Gasteiger partial charge in [-0.15, -0.1) is 0 Å². The molecule has 2 rings (SSSR count). The molecule has 0 aliphatic carbocycles. The van der Waals surface area contributed by atoms with E-state index in [9.17, 15) is 0 Å². The number of halogens is 2. The van der Waals surface area contributed by atoms with Crippen LogP contribution in [0.15, 0.2) is 18.2 Å². The van der Waals surface area contributed by atoms with E-state index in [1.54, 1.807) is 6.07 Å². The number of hydrogen-bond acceptors (Lipinski definition) is 2. The molecule has 1 aliphatic heterocycles. The minimum absolute atomic E-state index is 0.102. The molecular weight excluding hydrogens is 233 g/mol. The molecule has 0 unspecified atom stereocenters. The molecule has 15 heavy (non-hydrogen) atoms. The first-order valence-corrected chi connectivity index (χ1v) is 5.57. The van der Waals surface area contributed by atoms with Gasteiger partial charge in [0.2, 0.25) is 0 Å². The van der Waals surface area contributed by atoms with Gasteiger partial charge in [0.1, 0.15) is 6.73 Å². The van der Waals surface area contributed by atoms with Gasteiger partial charge in [-0.2, -0.15) is 0 Å². The monoisotopic (exact) mass is 245 g/mol. The van der Waals surface area contributed by atoms with E-state index in [0.717, 1.165) is 12.2 Å². The van der Waals surface area contributed by atoms with E-state index in [2.05, 4.69) is 18.7 Å². The normalized spacial score (nSPS) is 19.6. The van der Waals surface area contributed by atoms with Gasteiger partial charge in [0.15, 0.2) is 0 Å². The van der Waals surface area contributed by atoms with Crippen molar-refractivity contribution in [2.75, 3.05) is 18.2 Å². The highest BCUT2D eigenvalue weighted by atomic mass is 35.5. The molecule has 1 aromatic rings. The Labute approximate surface area is 99.7 Å². The van der Waals surface area contributed by atoms with Crippen LogP contribution in [0.2, 0.25) is 10.0 Å². The summed E-state index contributed by atoms with van der Waals surface area (Å²) in [6.45, 7) is 5.58. The lowest BCUT2D eigenvalue weighted by Crippen LogP contribution is -2.27. The van der Waals surface area contributed by atoms with E-state index in [0.29, 0.717) is 16.8 Å². The zero-order valence-corrected chi connectivity index (χ0v) is 10.3. The second kappa shape index (κ2) is 3.85. The number of nitrogens with zero attached hydrogens (tertiary/aromatic N) is 1.